The van der Waals surface area contributed by atoms with Gasteiger partial charge in [-0.3, -0.25) is 0 Å². The molecule has 3 nitrogen and oxygen atoms in total. The summed E-state index contributed by atoms with van der Waals surface area (Å²) >= 11 is 1.44. The van der Waals surface area contributed by atoms with Crippen LogP contribution in [-0.2, 0) is 9.53 Å². The van der Waals surface area contributed by atoms with Gasteiger partial charge in [0.05, 0.1) is 12.6 Å². The smallest absolute Gasteiger partial charge is 0.156 e. The molecule has 2 rings (SSSR count). The number of hydrogen-bond donors (Lipinski definition) is 0. The van der Waals surface area contributed by atoms with Gasteiger partial charge < -0.3 is 14.6 Å². The average Bonchev–Trinajstić information content (AvgIpc) is 2.78. The zero-order chi connectivity index (χ0) is 13.3. The first-order valence-electron chi connectivity index (χ1n) is 6.96. The molecule has 1 aliphatic heterocycles. The summed E-state index contributed by atoms with van der Waals surface area (Å²) < 4.78 is 5.67. The molecule has 1 saturated heterocycles. The minimum Gasteiger partial charge on any atom is -0.546 e. The number of carbonyl (C=O) groups is 1. The largest absolute Gasteiger partial charge is 0.546 e. The summed E-state index contributed by atoms with van der Waals surface area (Å²) in [5, 5.41) is 11.6. The number of rotatable bonds is 3. The molecule has 1 aliphatic carbocycles. The van der Waals surface area contributed by atoms with Crippen LogP contribution in [-0.4, -0.2) is 23.3 Å². The minimum atomic E-state index is -1.08. The molecule has 0 radical (unpaired) electrons. The Labute approximate surface area is 114 Å². The lowest BCUT2D eigenvalue weighted by Crippen LogP contribution is -2.55. The highest BCUT2D eigenvalue weighted by atomic mass is 32.2. The van der Waals surface area contributed by atoms with Gasteiger partial charge in [0, 0.05) is 11.7 Å². The van der Waals surface area contributed by atoms with E-state index in [1.54, 1.807) is 0 Å². The van der Waals surface area contributed by atoms with Crippen LogP contribution in [0.2, 0.25) is 0 Å². The normalized spacial score (nSPS) is 41.2. The predicted octanol–water partition coefficient (Wildman–Crippen LogP) is 1.90. The molecule has 1 saturated carbocycles. The van der Waals surface area contributed by atoms with Gasteiger partial charge in [0.25, 0.3) is 0 Å². The van der Waals surface area contributed by atoms with Crippen molar-refractivity contribution in [2.24, 2.45) is 23.7 Å². The molecule has 104 valence electrons. The summed E-state index contributed by atoms with van der Waals surface area (Å²) in [7, 11) is 0. The standard InChI is InChI=1S/C14H24O3S/c1-9(2)11-5-4-10(3)8-12(11)14(13(15)16)17-6-7-18-14/h9-12H,4-8H2,1-3H3,(H,15,16)/p-1/t10?,11?,12?,14-/m1/s1. The molecule has 4 heteroatoms. The van der Waals surface area contributed by atoms with E-state index in [1.165, 1.54) is 18.2 Å². The summed E-state index contributed by atoms with van der Waals surface area (Å²) in [4.78, 5) is 10.6. The molecular weight excluding hydrogens is 248 g/mol. The third-order valence-electron chi connectivity index (χ3n) is 4.51. The molecule has 2 fully saturated rings. The van der Waals surface area contributed by atoms with Gasteiger partial charge in [-0.25, -0.2) is 0 Å². The summed E-state index contributed by atoms with van der Waals surface area (Å²) in [5.41, 5.74) is 0. The minimum absolute atomic E-state index is 0.0961. The van der Waals surface area contributed by atoms with Gasteiger partial charge in [-0.1, -0.05) is 27.2 Å². The molecule has 0 bridgehead atoms. The second-order valence-electron chi connectivity index (χ2n) is 6.08. The van der Waals surface area contributed by atoms with Crippen LogP contribution in [0.1, 0.15) is 40.0 Å². The van der Waals surface area contributed by atoms with Crippen LogP contribution in [0.15, 0.2) is 0 Å². The van der Waals surface area contributed by atoms with Crippen molar-refractivity contribution >= 4 is 17.7 Å². The summed E-state index contributed by atoms with van der Waals surface area (Å²) in [6.45, 7) is 7.13. The van der Waals surface area contributed by atoms with Crippen molar-refractivity contribution in [1.29, 1.82) is 0 Å². The van der Waals surface area contributed by atoms with Crippen molar-refractivity contribution in [3.63, 3.8) is 0 Å². The Kier molecular flexibility index (Phi) is 4.27. The SMILES string of the molecule is CC1CCC(C(C)C)C([C@@]2(C(=O)[O-])OCCS2)C1. The number of carboxylic acids is 1. The zero-order valence-corrected chi connectivity index (χ0v) is 12.3. The van der Waals surface area contributed by atoms with Crippen LogP contribution in [0.4, 0.5) is 0 Å². The van der Waals surface area contributed by atoms with Crippen LogP contribution in [0, 0.1) is 23.7 Å². The quantitative estimate of drug-likeness (QED) is 0.786. The Balaban J connectivity index is 2.27. The fourth-order valence-corrected chi connectivity index (χ4v) is 4.79. The van der Waals surface area contributed by atoms with Crippen LogP contribution >= 0.6 is 11.8 Å². The molecule has 0 aromatic rings. The Bertz CT molecular complexity index is 310. The third-order valence-corrected chi connectivity index (χ3v) is 5.90. The fourth-order valence-electron chi connectivity index (χ4n) is 3.55. The average molecular weight is 271 g/mol. The number of carbonyl (C=O) groups excluding carboxylic acids is 1. The third kappa shape index (κ3) is 2.42. The zero-order valence-electron chi connectivity index (χ0n) is 11.5. The van der Waals surface area contributed by atoms with Gasteiger partial charge in [-0.05, 0) is 30.6 Å². The van der Waals surface area contributed by atoms with Crippen LogP contribution in [0.25, 0.3) is 0 Å². The number of carboxylic acid groups (broad SMARTS) is 1. The first-order valence-corrected chi connectivity index (χ1v) is 7.95. The van der Waals surface area contributed by atoms with Crippen LogP contribution < -0.4 is 5.11 Å². The van der Waals surface area contributed by atoms with Crippen LogP contribution in [0.5, 0.6) is 0 Å². The lowest BCUT2D eigenvalue weighted by atomic mass is 9.67. The molecule has 0 aromatic carbocycles. The van der Waals surface area contributed by atoms with E-state index >= 15 is 0 Å². The van der Waals surface area contributed by atoms with Gasteiger partial charge in [-0.2, -0.15) is 0 Å². The molecule has 3 unspecified atom stereocenters. The topological polar surface area (TPSA) is 49.4 Å². The Morgan fingerprint density at radius 2 is 2.17 bits per heavy atom. The van der Waals surface area contributed by atoms with E-state index in [0.29, 0.717) is 24.4 Å². The van der Waals surface area contributed by atoms with Crippen molar-refractivity contribution in [3.05, 3.63) is 0 Å². The first-order chi connectivity index (χ1) is 8.47. The second kappa shape index (κ2) is 5.41. The van der Waals surface area contributed by atoms with E-state index < -0.39 is 10.9 Å². The molecule has 18 heavy (non-hydrogen) atoms. The number of aliphatic carboxylic acids is 1. The number of hydrogen-bond acceptors (Lipinski definition) is 4. The number of ether oxygens (including phenoxy) is 1. The first kappa shape index (κ1) is 14.2. The molecular formula is C14H23O3S-. The van der Waals surface area contributed by atoms with Crippen molar-refractivity contribution in [2.75, 3.05) is 12.4 Å². The summed E-state index contributed by atoms with van der Waals surface area (Å²) in [5.74, 6) is 1.37. The van der Waals surface area contributed by atoms with E-state index in [4.69, 9.17) is 4.74 Å². The maximum Gasteiger partial charge on any atom is 0.156 e. The van der Waals surface area contributed by atoms with Gasteiger partial charge in [0.2, 0.25) is 0 Å². The van der Waals surface area contributed by atoms with Crippen LogP contribution in [0.3, 0.4) is 0 Å². The molecule has 0 N–H and O–H groups in total. The van der Waals surface area contributed by atoms with Gasteiger partial charge in [0.15, 0.2) is 4.93 Å². The van der Waals surface area contributed by atoms with E-state index in [-0.39, 0.29) is 5.92 Å². The molecule has 4 atom stereocenters. The highest BCUT2D eigenvalue weighted by molar-refractivity contribution is 8.01. The Hall–Kier alpha value is -0.220. The molecule has 2 aliphatic rings. The van der Waals surface area contributed by atoms with Crippen molar-refractivity contribution in [1.82, 2.24) is 0 Å². The van der Waals surface area contributed by atoms with E-state index in [0.717, 1.165) is 18.6 Å². The Morgan fingerprint density at radius 3 is 2.67 bits per heavy atom. The number of thioether (sulfide) groups is 1. The van der Waals surface area contributed by atoms with Crippen molar-refractivity contribution in [3.8, 4) is 0 Å². The van der Waals surface area contributed by atoms with E-state index in [1.807, 2.05) is 0 Å². The highest BCUT2D eigenvalue weighted by Crippen LogP contribution is 2.51. The van der Waals surface area contributed by atoms with E-state index in [9.17, 15) is 9.90 Å². The van der Waals surface area contributed by atoms with Gasteiger partial charge >= 0.3 is 0 Å². The lowest BCUT2D eigenvalue weighted by Gasteiger charge is -2.46. The van der Waals surface area contributed by atoms with Crippen molar-refractivity contribution in [2.45, 2.75) is 45.0 Å². The van der Waals surface area contributed by atoms with Gasteiger partial charge in [-0.15, -0.1) is 11.8 Å². The van der Waals surface area contributed by atoms with E-state index in [2.05, 4.69) is 20.8 Å². The van der Waals surface area contributed by atoms with Gasteiger partial charge in [0.1, 0.15) is 0 Å². The fraction of sp³-hybridized carbons (Fsp3) is 0.929. The Morgan fingerprint density at radius 1 is 1.44 bits per heavy atom. The summed E-state index contributed by atoms with van der Waals surface area (Å²) in [6, 6.07) is 0. The molecule has 0 aromatic heterocycles. The predicted molar refractivity (Wildman–Crippen MR) is 71.0 cm³/mol. The lowest BCUT2D eigenvalue weighted by molar-refractivity contribution is -0.323. The maximum atomic E-state index is 11.6. The highest BCUT2D eigenvalue weighted by Gasteiger charge is 2.50. The van der Waals surface area contributed by atoms with Crippen molar-refractivity contribution < 1.29 is 14.6 Å². The second-order valence-corrected chi connectivity index (χ2v) is 7.39. The maximum absolute atomic E-state index is 11.6. The summed E-state index contributed by atoms with van der Waals surface area (Å²) in [6.07, 6.45) is 3.26. The monoisotopic (exact) mass is 271 g/mol. The molecule has 0 spiro atoms. The molecule has 1 heterocycles. The molecule has 0 amide bonds.